The largest absolute Gasteiger partial charge is 0.481 e. The fourth-order valence-corrected chi connectivity index (χ4v) is 1.12. The van der Waals surface area contributed by atoms with Crippen molar-refractivity contribution in [1.82, 2.24) is 4.98 Å². The molecule has 76 valence electrons. The predicted octanol–water partition coefficient (Wildman–Crippen LogP) is 0.447. The molecule has 0 amide bonds. The Kier molecular flexibility index (Phi) is 3.03. The lowest BCUT2D eigenvalue weighted by Crippen LogP contribution is -2.15. The van der Waals surface area contributed by atoms with Gasteiger partial charge in [-0.2, -0.15) is 0 Å². The summed E-state index contributed by atoms with van der Waals surface area (Å²) in [6.45, 7) is 1.80. The maximum Gasteiger partial charge on any atom is 0.305 e. The smallest absolute Gasteiger partial charge is 0.305 e. The van der Waals surface area contributed by atoms with Crippen LogP contribution in [-0.4, -0.2) is 16.1 Å². The molecule has 5 nitrogen and oxygen atoms in total. The average Bonchev–Trinajstić information content (AvgIpc) is 2.08. The highest BCUT2D eigenvalue weighted by Gasteiger charge is 2.11. The van der Waals surface area contributed by atoms with E-state index in [4.69, 9.17) is 16.6 Å². The molecule has 0 aliphatic rings. The molecule has 0 fully saturated rings. The van der Waals surface area contributed by atoms with Crippen LogP contribution in [-0.2, 0) is 4.79 Å². The van der Waals surface area contributed by atoms with Crippen molar-refractivity contribution < 1.29 is 9.90 Å². The first-order valence-corrected chi connectivity index (χ1v) is 4.20. The molecule has 0 radical (unpaired) electrons. The zero-order valence-corrected chi connectivity index (χ0v) is 7.90. The summed E-state index contributed by atoms with van der Waals surface area (Å²) in [5, 5.41) is 8.54. The number of nitrogens with two attached hydrogens (primary N) is 2. The second kappa shape index (κ2) is 4.06. The van der Waals surface area contributed by atoms with E-state index < -0.39 is 12.0 Å². The van der Waals surface area contributed by atoms with Gasteiger partial charge >= 0.3 is 5.97 Å². The Morgan fingerprint density at radius 1 is 1.71 bits per heavy atom. The monoisotopic (exact) mass is 195 g/mol. The van der Waals surface area contributed by atoms with Gasteiger partial charge in [0.2, 0.25) is 0 Å². The van der Waals surface area contributed by atoms with Crippen LogP contribution in [0.4, 0.5) is 5.82 Å². The van der Waals surface area contributed by atoms with Crippen molar-refractivity contribution >= 4 is 11.8 Å². The van der Waals surface area contributed by atoms with Crippen molar-refractivity contribution in [2.24, 2.45) is 5.73 Å². The van der Waals surface area contributed by atoms with Crippen molar-refractivity contribution in [2.75, 3.05) is 5.73 Å². The maximum absolute atomic E-state index is 10.4. The molecular formula is C9H13N3O2. The van der Waals surface area contributed by atoms with Gasteiger partial charge in [-0.1, -0.05) is 0 Å². The summed E-state index contributed by atoms with van der Waals surface area (Å²) in [5.74, 6) is -0.483. The number of carboxylic acid groups (broad SMARTS) is 1. The third-order valence-electron chi connectivity index (χ3n) is 1.96. The average molecular weight is 195 g/mol. The van der Waals surface area contributed by atoms with Crippen LogP contribution in [0, 0.1) is 6.92 Å². The number of rotatable bonds is 3. The summed E-state index contributed by atoms with van der Waals surface area (Å²) < 4.78 is 0. The fraction of sp³-hybridized carbons (Fsp3) is 0.333. The SMILES string of the molecule is Cc1cc([C@@H](N)CC(=O)O)cnc1N. The Bertz CT molecular complexity index is 352. The number of nitrogens with zero attached hydrogens (tertiary/aromatic N) is 1. The van der Waals surface area contributed by atoms with E-state index in [1.165, 1.54) is 6.20 Å². The van der Waals surface area contributed by atoms with Gasteiger partial charge in [0.25, 0.3) is 0 Å². The van der Waals surface area contributed by atoms with Gasteiger partial charge in [-0.25, -0.2) is 4.98 Å². The second-order valence-electron chi connectivity index (χ2n) is 3.18. The Morgan fingerprint density at radius 3 is 2.86 bits per heavy atom. The normalized spacial score (nSPS) is 12.4. The molecule has 5 N–H and O–H groups in total. The Labute approximate surface area is 81.7 Å². The molecule has 0 aliphatic heterocycles. The lowest BCUT2D eigenvalue weighted by atomic mass is 10.1. The van der Waals surface area contributed by atoms with Gasteiger partial charge in [-0.15, -0.1) is 0 Å². The van der Waals surface area contributed by atoms with E-state index in [-0.39, 0.29) is 6.42 Å². The first-order chi connectivity index (χ1) is 6.50. The maximum atomic E-state index is 10.4. The van der Waals surface area contributed by atoms with Gasteiger partial charge in [0.1, 0.15) is 5.82 Å². The van der Waals surface area contributed by atoms with Crippen molar-refractivity contribution in [3.8, 4) is 0 Å². The molecule has 14 heavy (non-hydrogen) atoms. The van der Waals surface area contributed by atoms with E-state index in [9.17, 15) is 4.79 Å². The summed E-state index contributed by atoms with van der Waals surface area (Å²) in [7, 11) is 0. The quantitative estimate of drug-likeness (QED) is 0.649. The molecule has 0 saturated heterocycles. The second-order valence-corrected chi connectivity index (χ2v) is 3.18. The number of anilines is 1. The Hall–Kier alpha value is -1.62. The molecule has 0 saturated carbocycles. The van der Waals surface area contributed by atoms with Crippen molar-refractivity contribution in [3.63, 3.8) is 0 Å². The summed E-state index contributed by atoms with van der Waals surface area (Å²) in [6.07, 6.45) is 1.40. The standard InChI is InChI=1S/C9H13N3O2/c1-5-2-6(4-12-9(5)11)7(10)3-8(13)14/h2,4,7H,3,10H2,1H3,(H2,11,12)(H,13,14)/t7-/m0/s1. The van der Waals surface area contributed by atoms with Gasteiger partial charge in [0.15, 0.2) is 0 Å². The number of aromatic nitrogens is 1. The minimum atomic E-state index is -0.924. The van der Waals surface area contributed by atoms with E-state index >= 15 is 0 Å². The lowest BCUT2D eigenvalue weighted by Gasteiger charge is -2.10. The topological polar surface area (TPSA) is 102 Å². The molecule has 0 aliphatic carbocycles. The van der Waals surface area contributed by atoms with E-state index in [1.807, 2.05) is 0 Å². The van der Waals surface area contributed by atoms with Crippen LogP contribution in [0.2, 0.25) is 0 Å². The van der Waals surface area contributed by atoms with Gasteiger partial charge in [0.05, 0.1) is 6.42 Å². The molecule has 1 rings (SSSR count). The third-order valence-corrected chi connectivity index (χ3v) is 1.96. The highest BCUT2D eigenvalue weighted by atomic mass is 16.4. The van der Waals surface area contributed by atoms with E-state index in [0.717, 1.165) is 5.56 Å². The summed E-state index contributed by atoms with van der Waals surface area (Å²) in [6, 6.07) is 1.23. The summed E-state index contributed by atoms with van der Waals surface area (Å²) in [5.41, 5.74) is 12.7. The van der Waals surface area contributed by atoms with Crippen molar-refractivity contribution in [2.45, 2.75) is 19.4 Å². The molecule has 1 aromatic heterocycles. The number of aryl methyl sites for hydroxylation is 1. The number of carbonyl (C=O) groups is 1. The fourth-order valence-electron chi connectivity index (χ4n) is 1.12. The van der Waals surface area contributed by atoms with Crippen LogP contribution in [0.15, 0.2) is 12.3 Å². The van der Waals surface area contributed by atoms with Gasteiger partial charge in [-0.3, -0.25) is 4.79 Å². The number of pyridine rings is 1. The molecular weight excluding hydrogens is 182 g/mol. The van der Waals surface area contributed by atoms with E-state index in [0.29, 0.717) is 11.4 Å². The van der Waals surface area contributed by atoms with E-state index in [1.54, 1.807) is 13.0 Å². The molecule has 1 heterocycles. The van der Waals surface area contributed by atoms with Crippen molar-refractivity contribution in [3.05, 3.63) is 23.4 Å². The molecule has 1 aromatic rings. The Morgan fingerprint density at radius 2 is 2.36 bits per heavy atom. The van der Waals surface area contributed by atoms with Gasteiger partial charge in [-0.05, 0) is 24.1 Å². The van der Waals surface area contributed by atoms with Crippen LogP contribution in [0.1, 0.15) is 23.6 Å². The van der Waals surface area contributed by atoms with Crippen LogP contribution < -0.4 is 11.5 Å². The molecule has 0 aromatic carbocycles. The number of carboxylic acids is 1. The molecule has 1 atom stereocenters. The number of hydrogen-bond donors (Lipinski definition) is 3. The van der Waals surface area contributed by atoms with Gasteiger partial charge in [0, 0.05) is 12.2 Å². The summed E-state index contributed by atoms with van der Waals surface area (Å²) >= 11 is 0. The van der Waals surface area contributed by atoms with Crippen LogP contribution in [0.25, 0.3) is 0 Å². The zero-order valence-electron chi connectivity index (χ0n) is 7.90. The minimum Gasteiger partial charge on any atom is -0.481 e. The lowest BCUT2D eigenvalue weighted by molar-refractivity contribution is -0.137. The molecule has 0 spiro atoms. The highest BCUT2D eigenvalue weighted by Crippen LogP contribution is 2.16. The van der Waals surface area contributed by atoms with Crippen LogP contribution in [0.5, 0.6) is 0 Å². The number of aliphatic carboxylic acids is 1. The molecule has 0 unspecified atom stereocenters. The first kappa shape index (κ1) is 10.5. The Balaban J connectivity index is 2.85. The van der Waals surface area contributed by atoms with Crippen LogP contribution in [0.3, 0.4) is 0 Å². The molecule has 5 heteroatoms. The van der Waals surface area contributed by atoms with Gasteiger partial charge < -0.3 is 16.6 Å². The first-order valence-electron chi connectivity index (χ1n) is 4.20. The molecule has 0 bridgehead atoms. The highest BCUT2D eigenvalue weighted by molar-refractivity contribution is 5.67. The third kappa shape index (κ3) is 2.43. The predicted molar refractivity (Wildman–Crippen MR) is 52.6 cm³/mol. The van der Waals surface area contributed by atoms with Crippen LogP contribution >= 0.6 is 0 Å². The number of nitrogen functional groups attached to an aromatic ring is 1. The zero-order chi connectivity index (χ0) is 10.7. The van der Waals surface area contributed by atoms with E-state index in [2.05, 4.69) is 4.98 Å². The van der Waals surface area contributed by atoms with Crippen molar-refractivity contribution in [1.29, 1.82) is 0 Å². The number of hydrogen-bond acceptors (Lipinski definition) is 4. The minimum absolute atomic E-state index is 0.106. The summed E-state index contributed by atoms with van der Waals surface area (Å²) in [4.78, 5) is 14.3.